The van der Waals surface area contributed by atoms with Gasteiger partial charge in [-0.2, -0.15) is 10.6 Å². The summed E-state index contributed by atoms with van der Waals surface area (Å²) in [6, 6.07) is 9.66. The van der Waals surface area contributed by atoms with Gasteiger partial charge in [-0.15, -0.1) is 11.8 Å². The first-order valence-corrected chi connectivity index (χ1v) is 14.2. The van der Waals surface area contributed by atoms with Crippen LogP contribution in [0.3, 0.4) is 0 Å². The maximum Gasteiger partial charge on any atom is 0.331 e. The molecule has 34 heavy (non-hydrogen) atoms. The van der Waals surface area contributed by atoms with Crippen molar-refractivity contribution in [1.82, 2.24) is 0 Å². The number of carboxylic acid groups (broad SMARTS) is 1. The molecular weight excluding hydrogens is 477 g/mol. The van der Waals surface area contributed by atoms with E-state index < -0.39 is 16.6 Å². The van der Waals surface area contributed by atoms with Crippen LogP contribution in [0.5, 0.6) is 5.75 Å². The average Bonchev–Trinajstić information content (AvgIpc) is 2.90. The quantitative estimate of drug-likeness (QED) is 0.185. The normalized spacial score (nSPS) is 20.6. The molecule has 9 heteroatoms. The number of fused-ring (bicyclic) bond motifs is 1. The summed E-state index contributed by atoms with van der Waals surface area (Å²) in [6.45, 7) is 4.75. The Hall–Kier alpha value is -2.20. The Kier molecular flexibility index (Phi) is 8.57. The lowest BCUT2D eigenvalue weighted by Gasteiger charge is -2.41. The number of thioether (sulfide) groups is 1. The molecule has 1 atom stereocenters. The molecule has 0 spiro atoms. The molecule has 2 aromatic carbocycles. The maximum atomic E-state index is 13.7. The van der Waals surface area contributed by atoms with Crippen molar-refractivity contribution in [1.29, 1.82) is 0 Å². The predicted molar refractivity (Wildman–Crippen MR) is 137 cm³/mol. The molecule has 0 amide bonds. The Balaban J connectivity index is 2.21. The Labute approximate surface area is 206 Å². The monoisotopic (exact) mass is 509 g/mol. The van der Waals surface area contributed by atoms with Crippen LogP contribution in [0.15, 0.2) is 58.5 Å². The zero-order chi connectivity index (χ0) is 24.9. The summed E-state index contributed by atoms with van der Waals surface area (Å²) in [5.74, 6) is -0.921. The summed E-state index contributed by atoms with van der Waals surface area (Å²) in [4.78, 5) is 14.0. The number of hydrogen-bond donors (Lipinski definition) is 3. The van der Waals surface area contributed by atoms with E-state index in [0.29, 0.717) is 27.8 Å². The first-order valence-electron chi connectivity index (χ1n) is 11.2. The molecule has 1 aliphatic heterocycles. The molecule has 1 aliphatic rings. The number of carbonyl (C=O) groups is 1. The van der Waals surface area contributed by atoms with Crippen molar-refractivity contribution in [3.8, 4) is 5.75 Å². The summed E-state index contributed by atoms with van der Waals surface area (Å²) in [5.41, 5.74) is 1.05. The van der Waals surface area contributed by atoms with E-state index in [-0.39, 0.29) is 17.0 Å². The number of anilines is 2. The van der Waals surface area contributed by atoms with Gasteiger partial charge in [0.25, 0.3) is 0 Å². The van der Waals surface area contributed by atoms with E-state index in [1.165, 1.54) is 23.9 Å². The smallest absolute Gasteiger partial charge is 0.331 e. The number of ether oxygens (including phenoxy) is 1. The predicted octanol–water partition coefficient (Wildman–Crippen LogP) is 7.37. The fourth-order valence-electron chi connectivity index (χ4n) is 4.34. The van der Waals surface area contributed by atoms with Gasteiger partial charge in [-0.25, -0.2) is 9.18 Å². The number of hydrogen-bond acceptors (Lipinski definition) is 6. The third-order valence-electron chi connectivity index (χ3n) is 6.24. The number of aliphatic carboxylic acids is 1. The summed E-state index contributed by atoms with van der Waals surface area (Å²) < 4.78 is 42.2. The average molecular weight is 510 g/mol. The van der Waals surface area contributed by atoms with E-state index >= 15 is 0 Å². The molecule has 0 aromatic heterocycles. The molecule has 3 N–H and O–H groups in total. The van der Waals surface area contributed by atoms with Crippen LogP contribution in [0.1, 0.15) is 39.5 Å². The van der Waals surface area contributed by atoms with Crippen LogP contribution in [0.25, 0.3) is 0 Å². The molecular formula is C25H32FNO5S2. The first-order chi connectivity index (χ1) is 16.1. The third kappa shape index (κ3) is 5.89. The molecule has 0 radical (unpaired) electrons. The number of rotatable bonds is 9. The molecule has 0 aliphatic carbocycles. The number of halogens is 1. The molecule has 186 valence electrons. The zero-order valence-corrected chi connectivity index (χ0v) is 21.3. The Morgan fingerprint density at radius 1 is 1.26 bits per heavy atom. The van der Waals surface area contributed by atoms with Crippen LogP contribution in [-0.2, 0) is 4.79 Å². The summed E-state index contributed by atoms with van der Waals surface area (Å²) >= 11 is 1.41. The van der Waals surface area contributed by atoms with Crippen molar-refractivity contribution in [3.63, 3.8) is 0 Å². The minimum Gasteiger partial charge on any atom is -0.478 e. The molecule has 0 bridgehead atoms. The second kappa shape index (κ2) is 11.0. The third-order valence-corrected chi connectivity index (χ3v) is 9.05. The van der Waals surface area contributed by atoms with E-state index in [9.17, 15) is 18.3 Å². The van der Waals surface area contributed by atoms with Gasteiger partial charge >= 0.3 is 5.97 Å². The highest BCUT2D eigenvalue weighted by Crippen LogP contribution is 2.62. The Morgan fingerprint density at radius 3 is 2.56 bits per heavy atom. The molecule has 2 aromatic rings. The van der Waals surface area contributed by atoms with Crippen LogP contribution < -0.4 is 9.64 Å². The van der Waals surface area contributed by atoms with Gasteiger partial charge in [0.2, 0.25) is 0 Å². The molecule has 0 fully saturated rings. The van der Waals surface area contributed by atoms with Gasteiger partial charge in [0.05, 0.1) is 27.8 Å². The Bertz CT molecular complexity index is 1040. The minimum absolute atomic E-state index is 0.213. The molecule has 0 unspecified atom stereocenters. The van der Waals surface area contributed by atoms with Crippen molar-refractivity contribution in [2.45, 2.75) is 49.3 Å². The van der Waals surface area contributed by atoms with Crippen LogP contribution >= 0.6 is 22.4 Å². The summed E-state index contributed by atoms with van der Waals surface area (Å²) in [5, 5.41) is 8.88. The number of unbranched alkanes of at least 4 members (excludes halogenated alkanes) is 1. The molecule has 1 heterocycles. The highest BCUT2D eigenvalue weighted by Gasteiger charge is 2.42. The maximum absolute atomic E-state index is 13.7. The van der Waals surface area contributed by atoms with Gasteiger partial charge in [0, 0.05) is 29.5 Å². The SMILES string of the molecule is CCCC[C@]1(CC)CN(c2ccc(F)cc2)c2cc(SC)c(O/C=C/C(=O)O)cc2S(O)(O)C1. The lowest BCUT2D eigenvalue weighted by molar-refractivity contribution is -0.131. The lowest BCUT2D eigenvalue weighted by atomic mass is 9.81. The second-order valence-electron chi connectivity index (χ2n) is 8.56. The number of carboxylic acids is 1. The minimum atomic E-state index is -3.21. The molecule has 3 rings (SSSR count). The van der Waals surface area contributed by atoms with Gasteiger partial charge in [-0.3, -0.25) is 9.11 Å². The number of benzene rings is 2. The van der Waals surface area contributed by atoms with Gasteiger partial charge in [-0.05, 0) is 49.4 Å². The van der Waals surface area contributed by atoms with E-state index in [4.69, 9.17) is 9.84 Å². The van der Waals surface area contributed by atoms with Crippen LogP contribution in [-0.4, -0.2) is 38.7 Å². The van der Waals surface area contributed by atoms with E-state index in [1.807, 2.05) is 17.2 Å². The molecule has 0 saturated carbocycles. The van der Waals surface area contributed by atoms with E-state index in [1.54, 1.807) is 18.2 Å². The van der Waals surface area contributed by atoms with Gasteiger partial charge in [0.1, 0.15) is 11.6 Å². The van der Waals surface area contributed by atoms with Crippen molar-refractivity contribution < 1.29 is 28.1 Å². The Morgan fingerprint density at radius 2 is 1.97 bits per heavy atom. The zero-order valence-electron chi connectivity index (χ0n) is 19.7. The highest BCUT2D eigenvalue weighted by molar-refractivity contribution is 8.24. The topological polar surface area (TPSA) is 90.2 Å². The first kappa shape index (κ1) is 26.4. The fraction of sp³-hybridized carbons (Fsp3) is 0.400. The van der Waals surface area contributed by atoms with Crippen molar-refractivity contribution in [2.75, 3.05) is 23.5 Å². The van der Waals surface area contributed by atoms with Crippen molar-refractivity contribution in [3.05, 3.63) is 54.6 Å². The van der Waals surface area contributed by atoms with Gasteiger partial charge in [0.15, 0.2) is 0 Å². The fourth-order valence-corrected chi connectivity index (χ4v) is 7.12. The van der Waals surface area contributed by atoms with E-state index in [2.05, 4.69) is 13.8 Å². The number of nitrogens with zero attached hydrogens (tertiary/aromatic N) is 1. The summed E-state index contributed by atoms with van der Waals surface area (Å²) in [7, 11) is -3.21. The van der Waals surface area contributed by atoms with Crippen LogP contribution in [0.2, 0.25) is 0 Å². The van der Waals surface area contributed by atoms with Crippen LogP contribution in [0.4, 0.5) is 15.8 Å². The lowest BCUT2D eigenvalue weighted by Crippen LogP contribution is -2.37. The second-order valence-corrected chi connectivity index (χ2v) is 11.5. The van der Waals surface area contributed by atoms with Crippen LogP contribution in [0, 0.1) is 11.2 Å². The largest absolute Gasteiger partial charge is 0.478 e. The van der Waals surface area contributed by atoms with Crippen molar-refractivity contribution >= 4 is 39.7 Å². The molecule has 0 saturated heterocycles. The highest BCUT2D eigenvalue weighted by atomic mass is 32.3. The van der Waals surface area contributed by atoms with Gasteiger partial charge in [-0.1, -0.05) is 26.7 Å². The van der Waals surface area contributed by atoms with Gasteiger partial charge < -0.3 is 14.7 Å². The standard InChI is InChI=1S/C25H32FNO5S2/c1-4-6-12-25(5-2)16-27(19-9-7-18(26)8-10-19)20-14-22(33-3)21(32-13-11-24(28)29)15-23(20)34(30,31)17-25/h7-11,13-15,30-31H,4-6,12,16-17H2,1-3H3,(H,28,29)/b13-11+/t25-/m1/s1. The summed E-state index contributed by atoms with van der Waals surface area (Å²) in [6.07, 6.45) is 7.36. The molecule has 6 nitrogen and oxygen atoms in total. The van der Waals surface area contributed by atoms with E-state index in [0.717, 1.165) is 43.7 Å². The van der Waals surface area contributed by atoms with Crippen molar-refractivity contribution in [2.24, 2.45) is 5.41 Å².